The highest BCUT2D eigenvalue weighted by molar-refractivity contribution is 7.99. The maximum Gasteiger partial charge on any atom is 0.268 e. The van der Waals surface area contributed by atoms with Gasteiger partial charge in [-0.15, -0.1) is 11.3 Å². The van der Waals surface area contributed by atoms with E-state index < -0.39 is 5.82 Å². The predicted molar refractivity (Wildman–Crippen MR) is 135 cm³/mol. The summed E-state index contributed by atoms with van der Waals surface area (Å²) in [5.41, 5.74) is 1.93. The van der Waals surface area contributed by atoms with E-state index in [1.807, 2.05) is 35.7 Å². The van der Waals surface area contributed by atoms with Crippen LogP contribution in [0.4, 0.5) is 4.39 Å². The number of nitrogens with zero attached hydrogens (tertiary/aromatic N) is 2. The lowest BCUT2D eigenvalue weighted by Crippen LogP contribution is -2.22. The largest absolute Gasteiger partial charge is 0.293 e. The van der Waals surface area contributed by atoms with Gasteiger partial charge >= 0.3 is 0 Å². The van der Waals surface area contributed by atoms with Crippen molar-refractivity contribution >= 4 is 44.8 Å². The van der Waals surface area contributed by atoms with Gasteiger partial charge in [0, 0.05) is 10.9 Å². The molecule has 7 heteroatoms. The summed E-state index contributed by atoms with van der Waals surface area (Å²) in [7, 11) is 0. The molecule has 0 bridgehead atoms. The van der Waals surface area contributed by atoms with Gasteiger partial charge in [-0.05, 0) is 29.8 Å². The van der Waals surface area contributed by atoms with E-state index in [-0.39, 0.29) is 22.7 Å². The van der Waals surface area contributed by atoms with Gasteiger partial charge in [0.05, 0.1) is 22.4 Å². The molecule has 0 amide bonds. The van der Waals surface area contributed by atoms with E-state index in [4.69, 9.17) is 4.98 Å². The molecule has 0 saturated carbocycles. The lowest BCUT2D eigenvalue weighted by Gasteiger charge is -2.13. The molecule has 0 aliphatic heterocycles. The molecule has 0 radical (unpaired) electrons. The minimum absolute atomic E-state index is 0.00744. The van der Waals surface area contributed by atoms with Gasteiger partial charge in [-0.2, -0.15) is 0 Å². The van der Waals surface area contributed by atoms with Crippen molar-refractivity contribution in [2.75, 3.05) is 5.75 Å². The second-order valence-electron chi connectivity index (χ2n) is 6.95. The van der Waals surface area contributed by atoms with Crippen LogP contribution in [0, 0.1) is 5.82 Å². The monoisotopic (exact) mass is 474 g/mol. The minimum Gasteiger partial charge on any atom is -0.293 e. The van der Waals surface area contributed by atoms with Crippen molar-refractivity contribution in [2.45, 2.75) is 5.16 Å². The highest BCUT2D eigenvalue weighted by Crippen LogP contribution is 2.33. The molecule has 2 aromatic carbocycles. The highest BCUT2D eigenvalue weighted by atomic mass is 32.2. The SMILES string of the molecule is C=C/C=C(\C=C)n1c(SCC(=O)c2ccccc2F)nc2scc(-c3ccccc3)c2c1=O. The number of thiophene rings is 1. The number of allylic oxidation sites excluding steroid dienone is 4. The quantitative estimate of drug-likeness (QED) is 0.127. The maximum atomic E-state index is 14.0. The van der Waals surface area contributed by atoms with Crippen LogP contribution >= 0.6 is 23.1 Å². The second-order valence-corrected chi connectivity index (χ2v) is 8.75. The van der Waals surface area contributed by atoms with Crippen LogP contribution in [0.15, 0.2) is 101 Å². The van der Waals surface area contributed by atoms with Crippen molar-refractivity contribution in [3.63, 3.8) is 0 Å². The van der Waals surface area contributed by atoms with E-state index in [9.17, 15) is 14.0 Å². The summed E-state index contributed by atoms with van der Waals surface area (Å²) in [6, 6.07) is 15.5. The zero-order valence-electron chi connectivity index (χ0n) is 17.5. The Balaban J connectivity index is 1.83. The molecule has 2 heterocycles. The van der Waals surface area contributed by atoms with Crippen LogP contribution in [0.5, 0.6) is 0 Å². The summed E-state index contributed by atoms with van der Waals surface area (Å²) in [4.78, 5) is 31.6. The first-order chi connectivity index (χ1) is 16.0. The van der Waals surface area contributed by atoms with Crippen molar-refractivity contribution < 1.29 is 9.18 Å². The third-order valence-corrected chi connectivity index (χ3v) is 6.74. The fourth-order valence-electron chi connectivity index (χ4n) is 3.38. The number of hydrogen-bond donors (Lipinski definition) is 0. The van der Waals surface area contributed by atoms with Crippen molar-refractivity contribution in [1.82, 2.24) is 9.55 Å². The Morgan fingerprint density at radius 1 is 1.12 bits per heavy atom. The van der Waals surface area contributed by atoms with Crippen LogP contribution in [0.2, 0.25) is 0 Å². The van der Waals surface area contributed by atoms with E-state index in [1.54, 1.807) is 18.2 Å². The first kappa shape index (κ1) is 22.6. The fraction of sp³-hybridized carbons (Fsp3) is 0.0385. The average molecular weight is 475 g/mol. The van der Waals surface area contributed by atoms with Crippen molar-refractivity contribution in [3.05, 3.63) is 113 Å². The van der Waals surface area contributed by atoms with E-state index in [0.29, 0.717) is 21.1 Å². The van der Waals surface area contributed by atoms with Crippen molar-refractivity contribution in [3.8, 4) is 11.1 Å². The van der Waals surface area contributed by atoms with Gasteiger partial charge in [-0.25, -0.2) is 9.37 Å². The number of aromatic nitrogens is 2. The van der Waals surface area contributed by atoms with Crippen LogP contribution in [-0.2, 0) is 0 Å². The minimum atomic E-state index is -0.576. The Morgan fingerprint density at radius 2 is 1.85 bits per heavy atom. The zero-order valence-corrected chi connectivity index (χ0v) is 19.2. The molecular weight excluding hydrogens is 455 g/mol. The van der Waals surface area contributed by atoms with Gasteiger partial charge < -0.3 is 0 Å². The standard InChI is InChI=1S/C26H19FN2O2S2/c1-3-10-18(4-2)29-25(31)23-20(17-11-6-5-7-12-17)15-32-24(23)28-26(29)33-16-22(30)19-13-8-9-14-21(19)27/h3-15H,1-2,16H2/b18-10+. The van der Waals surface area contributed by atoms with Gasteiger partial charge in [0.15, 0.2) is 10.9 Å². The number of hydrogen-bond acceptors (Lipinski definition) is 5. The molecule has 0 aliphatic carbocycles. The van der Waals surface area contributed by atoms with E-state index in [1.165, 1.54) is 40.2 Å². The average Bonchev–Trinajstić information content (AvgIpc) is 3.27. The maximum absolute atomic E-state index is 14.0. The molecule has 33 heavy (non-hydrogen) atoms. The Bertz CT molecular complexity index is 1450. The van der Waals surface area contributed by atoms with Crippen LogP contribution < -0.4 is 5.56 Å². The van der Waals surface area contributed by atoms with Gasteiger partial charge in [-0.3, -0.25) is 14.2 Å². The molecule has 0 aliphatic rings. The van der Waals surface area contributed by atoms with E-state index in [2.05, 4.69) is 13.2 Å². The van der Waals surface area contributed by atoms with E-state index in [0.717, 1.165) is 22.9 Å². The molecule has 0 fully saturated rings. The zero-order chi connectivity index (χ0) is 23.4. The summed E-state index contributed by atoms with van der Waals surface area (Å²) in [6.07, 6.45) is 4.74. The van der Waals surface area contributed by atoms with Gasteiger partial charge in [-0.1, -0.05) is 73.5 Å². The summed E-state index contributed by atoms with van der Waals surface area (Å²) in [6.45, 7) is 7.53. The molecule has 4 rings (SSSR count). The third-order valence-electron chi connectivity index (χ3n) is 4.92. The molecule has 0 atom stereocenters. The number of rotatable bonds is 8. The molecule has 0 saturated heterocycles. The van der Waals surface area contributed by atoms with Crippen LogP contribution in [-0.4, -0.2) is 21.1 Å². The fourth-order valence-corrected chi connectivity index (χ4v) is 5.26. The summed E-state index contributed by atoms with van der Waals surface area (Å²) >= 11 is 2.45. The van der Waals surface area contributed by atoms with Crippen molar-refractivity contribution in [1.29, 1.82) is 0 Å². The molecule has 2 aromatic heterocycles. The Hall–Kier alpha value is -3.55. The third kappa shape index (κ3) is 4.51. The smallest absolute Gasteiger partial charge is 0.268 e. The molecule has 4 aromatic rings. The van der Waals surface area contributed by atoms with Gasteiger partial charge in [0.25, 0.3) is 5.56 Å². The number of ketones is 1. The highest BCUT2D eigenvalue weighted by Gasteiger charge is 2.20. The van der Waals surface area contributed by atoms with Crippen LogP contribution in [0.1, 0.15) is 10.4 Å². The Morgan fingerprint density at radius 3 is 2.55 bits per heavy atom. The molecular formula is C26H19FN2O2S2. The number of fused-ring (bicyclic) bond motifs is 1. The number of halogens is 1. The summed E-state index contributed by atoms with van der Waals surface area (Å²) < 4.78 is 15.5. The normalized spacial score (nSPS) is 11.5. The Kier molecular flexibility index (Phi) is 6.82. The van der Waals surface area contributed by atoms with Gasteiger partial charge in [0.2, 0.25) is 0 Å². The first-order valence-electron chi connectivity index (χ1n) is 10.0. The molecule has 0 unspecified atom stereocenters. The van der Waals surface area contributed by atoms with Crippen LogP contribution in [0.25, 0.3) is 27.0 Å². The Labute approximate surface area is 198 Å². The van der Waals surface area contributed by atoms with Gasteiger partial charge in [0.1, 0.15) is 10.6 Å². The van der Waals surface area contributed by atoms with Crippen LogP contribution in [0.3, 0.4) is 0 Å². The number of Topliss-reactive ketones (excluding diaryl/α,β-unsaturated/α-hetero) is 1. The first-order valence-corrected chi connectivity index (χ1v) is 11.9. The molecule has 4 nitrogen and oxygen atoms in total. The summed E-state index contributed by atoms with van der Waals surface area (Å²) in [5, 5.41) is 2.72. The number of carbonyl (C=O) groups is 1. The molecule has 0 spiro atoms. The number of benzene rings is 2. The molecule has 164 valence electrons. The topological polar surface area (TPSA) is 52.0 Å². The lowest BCUT2D eigenvalue weighted by molar-refractivity contribution is 0.101. The predicted octanol–water partition coefficient (Wildman–Crippen LogP) is 6.45. The lowest BCUT2D eigenvalue weighted by atomic mass is 10.1. The number of carbonyl (C=O) groups excluding carboxylic acids is 1. The summed E-state index contributed by atoms with van der Waals surface area (Å²) in [5.74, 6) is -1.04. The second kappa shape index (κ2) is 9.94. The molecule has 0 N–H and O–H groups in total. The van der Waals surface area contributed by atoms with Crippen molar-refractivity contribution in [2.24, 2.45) is 0 Å². The van der Waals surface area contributed by atoms with E-state index >= 15 is 0 Å². The number of thioether (sulfide) groups is 1.